The lowest BCUT2D eigenvalue weighted by atomic mass is 9.84. The summed E-state index contributed by atoms with van der Waals surface area (Å²) in [5.74, 6) is 3.54. The fraction of sp³-hybridized carbons (Fsp3) is 0.217. The highest BCUT2D eigenvalue weighted by molar-refractivity contribution is 5.53. The molecule has 1 aromatic heterocycles. The van der Waals surface area contributed by atoms with E-state index in [9.17, 15) is 27.1 Å². The molecule has 0 saturated heterocycles. The molecule has 2 aromatic carbocycles. The minimum absolute atomic E-state index is 0.0795. The molecule has 1 unspecified atom stereocenters. The number of aromatic nitrogens is 1. The number of nitrogens with zero attached hydrogens (tertiary/aromatic N) is 3. The number of nitrogens with two attached hydrogens (primary N) is 2. The van der Waals surface area contributed by atoms with Crippen LogP contribution in [0.2, 0.25) is 0 Å². The molecule has 0 aliphatic rings. The summed E-state index contributed by atoms with van der Waals surface area (Å²) in [5, 5.41) is 14.6. The van der Waals surface area contributed by atoms with Crippen molar-refractivity contribution in [2.75, 3.05) is 6.54 Å². The van der Waals surface area contributed by atoms with Crippen LogP contribution in [-0.4, -0.2) is 28.0 Å². The Balaban J connectivity index is 1.89. The first-order chi connectivity index (χ1) is 17.3. The van der Waals surface area contributed by atoms with Gasteiger partial charge >= 0.3 is 12.1 Å². The van der Waals surface area contributed by atoms with E-state index in [0.29, 0.717) is 29.5 Å². The maximum Gasteiger partial charge on any atom is 0.416 e. The zero-order chi connectivity index (χ0) is 27.4. The summed E-state index contributed by atoms with van der Waals surface area (Å²) in [6.07, 6.45) is -3.01. The summed E-state index contributed by atoms with van der Waals surface area (Å²) < 4.78 is 103. The lowest BCUT2D eigenvalue weighted by molar-refractivity contribution is -0.203. The van der Waals surface area contributed by atoms with Crippen molar-refractivity contribution in [2.45, 2.75) is 24.3 Å². The molecule has 7 nitrogen and oxygen atoms in total. The summed E-state index contributed by atoms with van der Waals surface area (Å²) in [6.45, 7) is -1.47. The van der Waals surface area contributed by atoms with Gasteiger partial charge in [0.2, 0.25) is 0 Å². The highest BCUT2D eigenvalue weighted by Crippen LogP contribution is 2.46. The van der Waals surface area contributed by atoms with Gasteiger partial charge in [0.15, 0.2) is 5.60 Å². The molecule has 0 fully saturated rings. The van der Waals surface area contributed by atoms with Crippen molar-refractivity contribution >= 4 is 6.34 Å². The zero-order valence-electron chi connectivity index (χ0n) is 18.8. The minimum Gasteiger partial charge on any atom is -0.487 e. The van der Waals surface area contributed by atoms with E-state index < -0.39 is 52.7 Å². The predicted molar refractivity (Wildman–Crippen MR) is 118 cm³/mol. The standard InChI is InChI=1S/C23H20F7N5O2/c24-16-4-6-18(19(25)9-16)21(36,12-35(32)13-34-31)22(26,27)20-7-5-17(10-33-20)37-11-14-2-1-3-15(8-14)23(28,29)30/h1-10,13,36H,11-12,31-32H2/b34-13-. The number of rotatable bonds is 9. The van der Waals surface area contributed by atoms with Gasteiger partial charge in [-0.2, -0.15) is 27.1 Å². The lowest BCUT2D eigenvalue weighted by Gasteiger charge is -2.37. The third kappa shape index (κ3) is 6.09. The van der Waals surface area contributed by atoms with Gasteiger partial charge in [0.05, 0.1) is 18.3 Å². The van der Waals surface area contributed by atoms with Crippen molar-refractivity contribution in [3.8, 4) is 5.75 Å². The van der Waals surface area contributed by atoms with E-state index in [1.54, 1.807) is 0 Å². The number of aliphatic hydroxyl groups is 1. The Labute approximate surface area is 205 Å². The first kappa shape index (κ1) is 27.7. The second kappa shape index (κ2) is 10.6. The number of ether oxygens (including phenoxy) is 1. The molecule has 3 aromatic rings. The molecule has 0 aliphatic heterocycles. The highest BCUT2D eigenvalue weighted by atomic mass is 19.4. The topological polar surface area (TPSA) is 110 Å². The van der Waals surface area contributed by atoms with Crippen LogP contribution in [0.5, 0.6) is 5.75 Å². The Hall–Kier alpha value is -3.91. The molecule has 1 atom stereocenters. The van der Waals surface area contributed by atoms with Gasteiger partial charge < -0.3 is 15.7 Å². The zero-order valence-corrected chi connectivity index (χ0v) is 18.8. The van der Waals surface area contributed by atoms with E-state index >= 15 is 8.78 Å². The fourth-order valence-electron chi connectivity index (χ4n) is 3.44. The van der Waals surface area contributed by atoms with Gasteiger partial charge in [0, 0.05) is 11.6 Å². The van der Waals surface area contributed by atoms with E-state index in [4.69, 9.17) is 16.4 Å². The number of hydrazone groups is 1. The van der Waals surface area contributed by atoms with Gasteiger partial charge in [-0.15, -0.1) is 0 Å². The summed E-state index contributed by atoms with van der Waals surface area (Å²) >= 11 is 0. The van der Waals surface area contributed by atoms with Gasteiger partial charge in [-0.25, -0.2) is 14.6 Å². The van der Waals surface area contributed by atoms with Crippen LogP contribution in [0.4, 0.5) is 30.7 Å². The Kier molecular flexibility index (Phi) is 7.93. The minimum atomic E-state index is -4.55. The molecule has 37 heavy (non-hydrogen) atoms. The largest absolute Gasteiger partial charge is 0.487 e. The molecule has 198 valence electrons. The van der Waals surface area contributed by atoms with Gasteiger partial charge in [-0.3, -0.25) is 9.99 Å². The summed E-state index contributed by atoms with van der Waals surface area (Å²) in [5.41, 5.74) is -6.12. The number of hydrogen-bond donors (Lipinski definition) is 3. The van der Waals surface area contributed by atoms with Crippen LogP contribution in [0.25, 0.3) is 0 Å². The van der Waals surface area contributed by atoms with Crippen LogP contribution < -0.4 is 16.4 Å². The molecule has 0 radical (unpaired) electrons. The van der Waals surface area contributed by atoms with E-state index in [1.807, 2.05) is 0 Å². The van der Waals surface area contributed by atoms with Crippen LogP contribution in [0.1, 0.15) is 22.4 Å². The average Bonchev–Trinajstić information content (AvgIpc) is 2.82. The Morgan fingerprint density at radius 2 is 1.76 bits per heavy atom. The number of pyridine rings is 1. The Morgan fingerprint density at radius 1 is 1.03 bits per heavy atom. The van der Waals surface area contributed by atoms with Gasteiger partial charge in [0.25, 0.3) is 0 Å². The third-order valence-corrected chi connectivity index (χ3v) is 5.24. The normalized spacial score (nSPS) is 14.0. The van der Waals surface area contributed by atoms with Crippen molar-refractivity contribution < 1.29 is 40.6 Å². The molecule has 0 amide bonds. The first-order valence-electron chi connectivity index (χ1n) is 10.3. The van der Waals surface area contributed by atoms with Gasteiger partial charge in [0.1, 0.15) is 36.0 Å². The average molecular weight is 531 g/mol. The molecular formula is C23H20F7N5O2. The maximum atomic E-state index is 15.6. The van der Waals surface area contributed by atoms with Crippen LogP contribution >= 0.6 is 0 Å². The molecule has 0 aliphatic carbocycles. The number of benzene rings is 2. The van der Waals surface area contributed by atoms with Crippen LogP contribution in [0.3, 0.4) is 0 Å². The molecule has 14 heteroatoms. The third-order valence-electron chi connectivity index (χ3n) is 5.24. The summed E-state index contributed by atoms with van der Waals surface area (Å²) in [4.78, 5) is 3.58. The molecular weight excluding hydrogens is 511 g/mol. The number of hydrogen-bond acceptors (Lipinski definition) is 6. The quantitative estimate of drug-likeness (QED) is 0.127. The van der Waals surface area contributed by atoms with E-state index in [-0.39, 0.29) is 17.9 Å². The molecule has 0 saturated carbocycles. The predicted octanol–water partition coefficient (Wildman–Crippen LogP) is 4.01. The van der Waals surface area contributed by atoms with E-state index in [2.05, 4.69) is 10.1 Å². The van der Waals surface area contributed by atoms with Crippen LogP contribution in [0, 0.1) is 11.6 Å². The fourth-order valence-corrected chi connectivity index (χ4v) is 3.44. The molecule has 0 spiro atoms. The molecule has 0 bridgehead atoms. The van der Waals surface area contributed by atoms with Crippen LogP contribution in [-0.2, 0) is 24.3 Å². The number of alkyl halides is 5. The highest BCUT2D eigenvalue weighted by Gasteiger charge is 2.58. The van der Waals surface area contributed by atoms with Crippen LogP contribution in [0.15, 0.2) is 65.9 Å². The molecule has 1 heterocycles. The Bertz CT molecular complexity index is 1250. The number of hydrazine groups is 1. The summed E-state index contributed by atoms with van der Waals surface area (Å²) in [7, 11) is 0. The second-order valence-electron chi connectivity index (χ2n) is 7.86. The first-order valence-corrected chi connectivity index (χ1v) is 10.3. The maximum absolute atomic E-state index is 15.6. The van der Waals surface area contributed by atoms with Gasteiger partial charge in [-0.1, -0.05) is 12.1 Å². The van der Waals surface area contributed by atoms with E-state index in [0.717, 1.165) is 30.5 Å². The molecule has 5 N–H and O–H groups in total. The van der Waals surface area contributed by atoms with Crippen molar-refractivity contribution in [1.82, 2.24) is 9.99 Å². The van der Waals surface area contributed by atoms with Crippen molar-refractivity contribution in [3.63, 3.8) is 0 Å². The van der Waals surface area contributed by atoms with Gasteiger partial charge in [-0.05, 0) is 42.0 Å². The SMILES string of the molecule is N/N=C\N(N)CC(O)(c1ccc(F)cc1F)C(F)(F)c1ccc(OCc2cccc(C(F)(F)F)c2)cn1. The summed E-state index contributed by atoms with van der Waals surface area (Å²) in [6, 6.07) is 7.76. The van der Waals surface area contributed by atoms with E-state index in [1.165, 1.54) is 12.1 Å². The number of halogens is 7. The van der Waals surface area contributed by atoms with Crippen molar-refractivity contribution in [1.29, 1.82) is 0 Å². The lowest BCUT2D eigenvalue weighted by Crippen LogP contribution is -2.53. The smallest absolute Gasteiger partial charge is 0.416 e. The monoisotopic (exact) mass is 531 g/mol. The van der Waals surface area contributed by atoms with Crippen molar-refractivity contribution in [2.24, 2.45) is 16.8 Å². The van der Waals surface area contributed by atoms with Crippen molar-refractivity contribution in [3.05, 3.63) is 94.8 Å². The molecule has 3 rings (SSSR count). The second-order valence-corrected chi connectivity index (χ2v) is 7.86. The Morgan fingerprint density at radius 3 is 2.35 bits per heavy atom.